The van der Waals surface area contributed by atoms with E-state index < -0.39 is 0 Å². The van der Waals surface area contributed by atoms with Gasteiger partial charge < -0.3 is 5.32 Å². The molecule has 1 heteroatoms. The number of benzene rings is 1. The van der Waals surface area contributed by atoms with E-state index in [0.29, 0.717) is 6.04 Å². The zero-order valence-corrected chi connectivity index (χ0v) is 13.3. The Morgan fingerprint density at radius 1 is 1.15 bits per heavy atom. The second-order valence-corrected chi connectivity index (χ2v) is 6.26. The molecule has 1 nitrogen and oxygen atoms in total. The van der Waals surface area contributed by atoms with Crippen molar-refractivity contribution in [3.8, 4) is 0 Å². The molecule has 20 heavy (non-hydrogen) atoms. The Balaban J connectivity index is 2.22. The van der Waals surface area contributed by atoms with Gasteiger partial charge in [-0.2, -0.15) is 0 Å². The number of aryl methyl sites for hydroxylation is 1. The van der Waals surface area contributed by atoms with Crippen LogP contribution in [0.25, 0.3) is 11.3 Å². The molecule has 0 aliphatic heterocycles. The molecule has 108 valence electrons. The predicted molar refractivity (Wildman–Crippen MR) is 89.5 cm³/mol. The van der Waals surface area contributed by atoms with E-state index in [1.165, 1.54) is 53.5 Å². The van der Waals surface area contributed by atoms with Crippen LogP contribution >= 0.6 is 0 Å². The molecule has 1 aliphatic carbocycles. The third kappa shape index (κ3) is 3.33. The lowest BCUT2D eigenvalue weighted by molar-refractivity contribution is 0.619. The van der Waals surface area contributed by atoms with Crippen molar-refractivity contribution in [1.82, 2.24) is 5.32 Å². The lowest BCUT2D eigenvalue weighted by Gasteiger charge is -2.18. The number of hydrogen-bond acceptors (Lipinski definition) is 1. The monoisotopic (exact) mass is 269 g/mol. The SMILES string of the molecule is C=C(NC1CCCC1)c1ccc(C)c(C(C)=C(C)C)c1. The van der Waals surface area contributed by atoms with E-state index >= 15 is 0 Å². The van der Waals surface area contributed by atoms with Gasteiger partial charge in [-0.1, -0.05) is 37.1 Å². The first-order valence-electron chi connectivity index (χ1n) is 7.70. The van der Waals surface area contributed by atoms with Gasteiger partial charge in [0.25, 0.3) is 0 Å². The average Bonchev–Trinajstić information content (AvgIpc) is 2.91. The minimum Gasteiger partial charge on any atom is -0.382 e. The minimum atomic E-state index is 0.622. The normalized spacial score (nSPS) is 15.2. The van der Waals surface area contributed by atoms with Gasteiger partial charge in [0.15, 0.2) is 0 Å². The summed E-state index contributed by atoms with van der Waals surface area (Å²) in [4.78, 5) is 0. The van der Waals surface area contributed by atoms with E-state index in [-0.39, 0.29) is 0 Å². The van der Waals surface area contributed by atoms with Crippen LogP contribution in [0, 0.1) is 6.92 Å². The van der Waals surface area contributed by atoms with Gasteiger partial charge in [0.05, 0.1) is 0 Å². The zero-order chi connectivity index (χ0) is 14.7. The van der Waals surface area contributed by atoms with Crippen LogP contribution in [0.15, 0.2) is 30.4 Å². The first kappa shape index (κ1) is 14.9. The van der Waals surface area contributed by atoms with E-state index in [1.54, 1.807) is 0 Å². The molecule has 0 saturated heterocycles. The van der Waals surface area contributed by atoms with Crippen LogP contribution in [0.3, 0.4) is 0 Å². The molecule has 0 radical (unpaired) electrons. The molecule has 1 aliphatic rings. The Morgan fingerprint density at radius 2 is 1.80 bits per heavy atom. The van der Waals surface area contributed by atoms with Gasteiger partial charge in [-0.15, -0.1) is 0 Å². The fraction of sp³-hybridized carbons (Fsp3) is 0.474. The smallest absolute Gasteiger partial charge is 0.0343 e. The highest BCUT2D eigenvalue weighted by molar-refractivity contribution is 5.73. The summed E-state index contributed by atoms with van der Waals surface area (Å²) >= 11 is 0. The highest BCUT2D eigenvalue weighted by atomic mass is 14.9. The topological polar surface area (TPSA) is 12.0 Å². The van der Waals surface area contributed by atoms with Crippen molar-refractivity contribution >= 4 is 11.3 Å². The fourth-order valence-corrected chi connectivity index (χ4v) is 2.88. The van der Waals surface area contributed by atoms with Crippen LogP contribution in [0.5, 0.6) is 0 Å². The van der Waals surface area contributed by atoms with Gasteiger partial charge in [-0.05, 0) is 68.9 Å². The Hall–Kier alpha value is -1.50. The lowest BCUT2D eigenvalue weighted by Crippen LogP contribution is -2.23. The highest BCUT2D eigenvalue weighted by Crippen LogP contribution is 2.26. The number of allylic oxidation sites excluding steroid dienone is 2. The molecule has 1 fully saturated rings. The van der Waals surface area contributed by atoms with Crippen LogP contribution in [0.2, 0.25) is 0 Å². The maximum Gasteiger partial charge on any atom is 0.0343 e. The van der Waals surface area contributed by atoms with E-state index in [2.05, 4.69) is 57.8 Å². The fourth-order valence-electron chi connectivity index (χ4n) is 2.88. The minimum absolute atomic E-state index is 0.622. The van der Waals surface area contributed by atoms with Crippen molar-refractivity contribution in [2.24, 2.45) is 0 Å². The van der Waals surface area contributed by atoms with Gasteiger partial charge in [-0.25, -0.2) is 0 Å². The molecule has 1 aromatic rings. The summed E-state index contributed by atoms with van der Waals surface area (Å²) in [5.41, 5.74) is 7.72. The quantitative estimate of drug-likeness (QED) is 0.781. The summed E-state index contributed by atoms with van der Waals surface area (Å²) in [5.74, 6) is 0. The standard InChI is InChI=1S/C19H27N/c1-13(2)15(4)19-12-17(11-10-14(19)3)16(5)20-18-8-6-7-9-18/h10-12,18,20H,5-9H2,1-4H3. The third-order valence-electron chi connectivity index (χ3n) is 4.47. The Kier molecular flexibility index (Phi) is 4.69. The van der Waals surface area contributed by atoms with Crippen molar-refractivity contribution < 1.29 is 0 Å². The molecule has 2 rings (SSSR count). The summed E-state index contributed by atoms with van der Waals surface area (Å²) in [5, 5.41) is 3.60. The lowest BCUT2D eigenvalue weighted by atomic mass is 9.95. The molecule has 0 atom stereocenters. The number of hydrogen-bond donors (Lipinski definition) is 1. The van der Waals surface area contributed by atoms with Crippen molar-refractivity contribution in [1.29, 1.82) is 0 Å². The number of nitrogens with one attached hydrogen (secondary N) is 1. The summed E-state index contributed by atoms with van der Waals surface area (Å²) in [6.07, 6.45) is 5.26. The third-order valence-corrected chi connectivity index (χ3v) is 4.47. The van der Waals surface area contributed by atoms with Crippen molar-refractivity contribution in [2.45, 2.75) is 59.4 Å². The summed E-state index contributed by atoms with van der Waals surface area (Å²) in [6.45, 7) is 13.0. The van der Waals surface area contributed by atoms with Crippen LogP contribution in [0.4, 0.5) is 0 Å². The molecule has 0 aromatic heterocycles. The second-order valence-electron chi connectivity index (χ2n) is 6.26. The van der Waals surface area contributed by atoms with Crippen LogP contribution < -0.4 is 5.32 Å². The maximum atomic E-state index is 4.24. The van der Waals surface area contributed by atoms with Crippen LogP contribution in [-0.4, -0.2) is 6.04 Å². The molecule has 0 amide bonds. The second kappa shape index (κ2) is 6.30. The van der Waals surface area contributed by atoms with E-state index in [0.717, 1.165) is 5.70 Å². The summed E-state index contributed by atoms with van der Waals surface area (Å²) in [7, 11) is 0. The molecular formula is C19H27N. The first-order chi connectivity index (χ1) is 9.49. The first-order valence-corrected chi connectivity index (χ1v) is 7.70. The molecule has 0 bridgehead atoms. The largest absolute Gasteiger partial charge is 0.382 e. The molecule has 0 spiro atoms. The van der Waals surface area contributed by atoms with Gasteiger partial charge in [0, 0.05) is 11.7 Å². The Bertz CT molecular complexity index is 527. The molecule has 0 unspecified atom stereocenters. The van der Waals surface area contributed by atoms with Crippen LogP contribution in [0.1, 0.15) is 63.1 Å². The van der Waals surface area contributed by atoms with E-state index in [4.69, 9.17) is 0 Å². The maximum absolute atomic E-state index is 4.24. The van der Waals surface area contributed by atoms with Crippen molar-refractivity contribution in [2.75, 3.05) is 0 Å². The molecular weight excluding hydrogens is 242 g/mol. The molecule has 1 saturated carbocycles. The van der Waals surface area contributed by atoms with Crippen molar-refractivity contribution in [3.63, 3.8) is 0 Å². The van der Waals surface area contributed by atoms with Gasteiger partial charge in [-0.3, -0.25) is 0 Å². The van der Waals surface area contributed by atoms with Gasteiger partial charge >= 0.3 is 0 Å². The van der Waals surface area contributed by atoms with Crippen LogP contribution in [-0.2, 0) is 0 Å². The molecule has 1 aromatic carbocycles. The Morgan fingerprint density at radius 3 is 2.40 bits per heavy atom. The average molecular weight is 269 g/mol. The van der Waals surface area contributed by atoms with E-state index in [1.807, 2.05) is 0 Å². The predicted octanol–water partition coefficient (Wildman–Crippen LogP) is 5.31. The number of rotatable bonds is 4. The summed E-state index contributed by atoms with van der Waals surface area (Å²) in [6, 6.07) is 7.29. The Labute approximate surface area is 123 Å². The van der Waals surface area contributed by atoms with E-state index in [9.17, 15) is 0 Å². The highest BCUT2D eigenvalue weighted by Gasteiger charge is 2.15. The van der Waals surface area contributed by atoms with Crippen molar-refractivity contribution in [3.05, 3.63) is 47.0 Å². The zero-order valence-electron chi connectivity index (χ0n) is 13.3. The molecule has 0 heterocycles. The summed E-state index contributed by atoms with van der Waals surface area (Å²) < 4.78 is 0. The van der Waals surface area contributed by atoms with Gasteiger partial charge in [0.1, 0.15) is 0 Å². The molecule has 1 N–H and O–H groups in total. The van der Waals surface area contributed by atoms with Gasteiger partial charge in [0.2, 0.25) is 0 Å².